The van der Waals surface area contributed by atoms with Crippen LogP contribution in [0.2, 0.25) is 0 Å². The molecule has 0 atom stereocenters. The summed E-state index contributed by atoms with van der Waals surface area (Å²) in [5.41, 5.74) is 6.09. The number of hydrazine groups is 1. The molecule has 0 aliphatic heterocycles. The largest absolute Gasteiger partial charge is 0.289 e. The van der Waals surface area contributed by atoms with Gasteiger partial charge in [0.15, 0.2) is 0 Å². The molecule has 0 aliphatic rings. The molecule has 22 heavy (non-hydrogen) atoms. The van der Waals surface area contributed by atoms with Crippen molar-refractivity contribution in [2.24, 2.45) is 0 Å². The van der Waals surface area contributed by atoms with Crippen molar-refractivity contribution in [2.75, 3.05) is 0 Å². The van der Waals surface area contributed by atoms with Crippen molar-refractivity contribution >= 4 is 34.5 Å². The van der Waals surface area contributed by atoms with Gasteiger partial charge >= 0.3 is 0 Å². The number of hydrogen-bond acceptors (Lipinski definition) is 6. The van der Waals surface area contributed by atoms with E-state index >= 15 is 0 Å². The predicted octanol–water partition coefficient (Wildman–Crippen LogP) is 2.34. The minimum Gasteiger partial charge on any atom is -0.266 e. The summed E-state index contributed by atoms with van der Waals surface area (Å²) in [4.78, 5) is 31.9. The molecule has 0 spiro atoms. The minimum absolute atomic E-state index is 0.222. The zero-order chi connectivity index (χ0) is 15.4. The van der Waals surface area contributed by atoms with Crippen molar-refractivity contribution in [3.63, 3.8) is 0 Å². The normalized spacial score (nSPS) is 10.2. The number of thiophene rings is 1. The molecule has 3 aromatic heterocycles. The topological polar surface area (TPSA) is 84.0 Å². The van der Waals surface area contributed by atoms with Gasteiger partial charge in [-0.05, 0) is 23.6 Å². The zero-order valence-electron chi connectivity index (χ0n) is 11.1. The Hall–Kier alpha value is -2.58. The molecule has 0 unspecified atom stereocenters. The van der Waals surface area contributed by atoms with Crippen LogP contribution >= 0.6 is 22.7 Å². The number of hydrogen-bond donors (Lipinski definition) is 2. The first-order valence-corrected chi connectivity index (χ1v) is 8.06. The summed E-state index contributed by atoms with van der Waals surface area (Å²) in [7, 11) is 0. The minimum atomic E-state index is -0.484. The van der Waals surface area contributed by atoms with Gasteiger partial charge in [-0.25, -0.2) is 4.98 Å². The highest BCUT2D eigenvalue weighted by Gasteiger charge is 2.13. The third-order valence-corrected chi connectivity index (χ3v) is 4.27. The highest BCUT2D eigenvalue weighted by atomic mass is 32.1. The molecule has 110 valence electrons. The molecule has 0 aliphatic carbocycles. The van der Waals surface area contributed by atoms with Gasteiger partial charge in [0.1, 0.15) is 16.4 Å². The number of rotatable bonds is 3. The van der Waals surface area contributed by atoms with Gasteiger partial charge in [-0.15, -0.1) is 11.3 Å². The van der Waals surface area contributed by atoms with Gasteiger partial charge in [0.05, 0.1) is 0 Å². The lowest BCUT2D eigenvalue weighted by molar-refractivity contribution is 0.0841. The summed E-state index contributed by atoms with van der Waals surface area (Å²) in [5.74, 6) is -0.954. The highest BCUT2D eigenvalue weighted by Crippen LogP contribution is 2.25. The molecule has 6 nitrogen and oxygen atoms in total. The Morgan fingerprint density at radius 2 is 1.82 bits per heavy atom. The average Bonchev–Trinajstić information content (AvgIpc) is 3.23. The predicted molar refractivity (Wildman–Crippen MR) is 84.6 cm³/mol. The number of carbonyl (C=O) groups excluding carboxylic acids is 2. The van der Waals surface area contributed by atoms with Crippen LogP contribution in [0.15, 0.2) is 46.6 Å². The van der Waals surface area contributed by atoms with Crippen LogP contribution in [0.3, 0.4) is 0 Å². The summed E-state index contributed by atoms with van der Waals surface area (Å²) in [6.45, 7) is 0. The van der Waals surface area contributed by atoms with Crippen LogP contribution in [0.4, 0.5) is 0 Å². The van der Waals surface area contributed by atoms with Gasteiger partial charge in [0.2, 0.25) is 0 Å². The first-order valence-electron chi connectivity index (χ1n) is 6.24. The smallest absolute Gasteiger partial charge is 0.266 e. The molecule has 3 aromatic rings. The number of amides is 2. The van der Waals surface area contributed by atoms with E-state index in [0.717, 1.165) is 10.6 Å². The molecule has 0 aromatic carbocycles. The van der Waals surface area contributed by atoms with Crippen molar-refractivity contribution in [3.8, 4) is 10.6 Å². The standard InChI is InChI=1S/C14H10N4O2S2/c19-12(10-3-1-2-5-15-10)17-18-13(20)11-8-22-14(16-11)9-4-6-21-7-9/h1-8H,(H,17,19)(H,18,20). The lowest BCUT2D eigenvalue weighted by atomic mass is 10.3. The molecule has 8 heteroatoms. The van der Waals surface area contributed by atoms with Crippen LogP contribution in [0.5, 0.6) is 0 Å². The van der Waals surface area contributed by atoms with Crippen LogP contribution in [-0.4, -0.2) is 21.8 Å². The third kappa shape index (κ3) is 3.18. The highest BCUT2D eigenvalue weighted by molar-refractivity contribution is 7.14. The molecular weight excluding hydrogens is 320 g/mol. The Morgan fingerprint density at radius 1 is 1.00 bits per heavy atom. The molecular formula is C14H10N4O2S2. The van der Waals surface area contributed by atoms with Crippen molar-refractivity contribution in [2.45, 2.75) is 0 Å². The Labute approximate surface area is 133 Å². The van der Waals surface area contributed by atoms with E-state index in [1.54, 1.807) is 34.9 Å². The van der Waals surface area contributed by atoms with E-state index in [-0.39, 0.29) is 11.4 Å². The fourth-order valence-corrected chi connectivity index (χ4v) is 3.15. The molecule has 0 saturated carbocycles. The lowest BCUT2D eigenvalue weighted by Gasteiger charge is -2.04. The van der Waals surface area contributed by atoms with Gasteiger partial charge in [0, 0.05) is 22.5 Å². The molecule has 3 rings (SSSR count). The van der Waals surface area contributed by atoms with Crippen molar-refractivity contribution < 1.29 is 9.59 Å². The van der Waals surface area contributed by atoms with Gasteiger partial charge in [-0.3, -0.25) is 25.4 Å². The fraction of sp³-hybridized carbons (Fsp3) is 0. The van der Waals surface area contributed by atoms with E-state index in [2.05, 4.69) is 20.8 Å². The molecule has 0 radical (unpaired) electrons. The number of aromatic nitrogens is 2. The van der Waals surface area contributed by atoms with E-state index in [0.29, 0.717) is 0 Å². The molecule has 2 N–H and O–H groups in total. The number of carbonyl (C=O) groups is 2. The zero-order valence-corrected chi connectivity index (χ0v) is 12.8. The Balaban J connectivity index is 1.62. The number of thiazole rings is 1. The van der Waals surface area contributed by atoms with Gasteiger partial charge < -0.3 is 0 Å². The van der Waals surface area contributed by atoms with Gasteiger partial charge in [-0.1, -0.05) is 6.07 Å². The van der Waals surface area contributed by atoms with E-state index < -0.39 is 11.8 Å². The van der Waals surface area contributed by atoms with Crippen molar-refractivity contribution in [3.05, 3.63) is 58.0 Å². The second-order valence-electron chi connectivity index (χ2n) is 4.17. The maximum absolute atomic E-state index is 12.0. The van der Waals surface area contributed by atoms with E-state index in [1.807, 2.05) is 16.8 Å². The molecule has 0 saturated heterocycles. The van der Waals surface area contributed by atoms with Crippen molar-refractivity contribution in [1.82, 2.24) is 20.8 Å². The maximum Gasteiger partial charge on any atom is 0.289 e. The Bertz CT molecular complexity index is 784. The lowest BCUT2D eigenvalue weighted by Crippen LogP contribution is -2.42. The molecule has 0 fully saturated rings. The summed E-state index contributed by atoms with van der Waals surface area (Å²) < 4.78 is 0. The Kier molecular flexibility index (Phi) is 4.22. The second-order valence-corrected chi connectivity index (χ2v) is 5.81. The molecule has 0 bridgehead atoms. The monoisotopic (exact) mass is 330 g/mol. The van der Waals surface area contributed by atoms with Crippen LogP contribution in [0, 0.1) is 0 Å². The first-order chi connectivity index (χ1) is 10.7. The summed E-state index contributed by atoms with van der Waals surface area (Å²) in [6.07, 6.45) is 1.50. The van der Waals surface area contributed by atoms with Crippen LogP contribution in [-0.2, 0) is 0 Å². The van der Waals surface area contributed by atoms with E-state index in [4.69, 9.17) is 0 Å². The van der Waals surface area contributed by atoms with Crippen LogP contribution < -0.4 is 10.9 Å². The van der Waals surface area contributed by atoms with Crippen molar-refractivity contribution in [1.29, 1.82) is 0 Å². The third-order valence-electron chi connectivity index (χ3n) is 2.69. The van der Waals surface area contributed by atoms with E-state index in [1.165, 1.54) is 17.5 Å². The summed E-state index contributed by atoms with van der Waals surface area (Å²) in [6, 6.07) is 6.89. The molecule has 2 amide bonds. The Morgan fingerprint density at radius 3 is 2.50 bits per heavy atom. The van der Waals surface area contributed by atoms with E-state index in [9.17, 15) is 9.59 Å². The average molecular weight is 330 g/mol. The fourth-order valence-electron chi connectivity index (χ4n) is 1.64. The molecule has 3 heterocycles. The maximum atomic E-state index is 12.0. The SMILES string of the molecule is O=C(NNC(=O)c1csc(-c2ccsc2)n1)c1ccccn1. The quantitative estimate of drug-likeness (QED) is 0.722. The summed E-state index contributed by atoms with van der Waals surface area (Å²) >= 11 is 2.94. The summed E-state index contributed by atoms with van der Waals surface area (Å²) in [5, 5.41) is 6.32. The van der Waals surface area contributed by atoms with Crippen LogP contribution in [0.25, 0.3) is 10.6 Å². The number of pyridine rings is 1. The second kappa shape index (κ2) is 6.46. The first kappa shape index (κ1) is 14.4. The van der Waals surface area contributed by atoms with Crippen LogP contribution in [0.1, 0.15) is 21.0 Å². The number of nitrogens with one attached hydrogen (secondary N) is 2. The van der Waals surface area contributed by atoms with Gasteiger partial charge in [0.25, 0.3) is 11.8 Å². The van der Waals surface area contributed by atoms with Gasteiger partial charge in [-0.2, -0.15) is 11.3 Å². The number of nitrogens with zero attached hydrogens (tertiary/aromatic N) is 2.